The van der Waals surface area contributed by atoms with Crippen LogP contribution in [0.2, 0.25) is 0 Å². The highest BCUT2D eigenvalue weighted by molar-refractivity contribution is 5.86. The molecule has 1 heterocycles. The van der Waals surface area contributed by atoms with Crippen LogP contribution in [0.3, 0.4) is 0 Å². The molecule has 0 saturated heterocycles. The Morgan fingerprint density at radius 1 is 1.23 bits per heavy atom. The molecular formula is C16H18N4O2. The lowest BCUT2D eigenvalue weighted by atomic mass is 10.2. The predicted octanol–water partition coefficient (Wildman–Crippen LogP) is 2.04. The van der Waals surface area contributed by atoms with E-state index < -0.39 is 6.04 Å². The van der Waals surface area contributed by atoms with Gasteiger partial charge in [-0.2, -0.15) is 5.10 Å². The molecule has 2 N–H and O–H groups in total. The third kappa shape index (κ3) is 4.59. The van der Waals surface area contributed by atoms with E-state index in [1.54, 1.807) is 44.8 Å². The molecule has 2 rings (SSSR count). The Morgan fingerprint density at radius 3 is 2.55 bits per heavy atom. The maximum Gasteiger partial charge on any atom is 0.262 e. The maximum atomic E-state index is 11.9. The van der Waals surface area contributed by atoms with Crippen molar-refractivity contribution in [3.63, 3.8) is 0 Å². The molecular weight excluding hydrogens is 280 g/mol. The number of aromatic nitrogens is 1. The van der Waals surface area contributed by atoms with Crippen molar-refractivity contribution in [1.82, 2.24) is 10.4 Å². The molecule has 22 heavy (non-hydrogen) atoms. The Labute approximate surface area is 129 Å². The molecule has 0 aliphatic heterocycles. The molecule has 0 saturated carbocycles. The lowest BCUT2D eigenvalue weighted by Gasteiger charge is -2.13. The van der Waals surface area contributed by atoms with Crippen LogP contribution in [-0.2, 0) is 4.79 Å². The monoisotopic (exact) mass is 298 g/mol. The number of ether oxygens (including phenoxy) is 1. The van der Waals surface area contributed by atoms with Gasteiger partial charge in [0, 0.05) is 18.1 Å². The van der Waals surface area contributed by atoms with Crippen molar-refractivity contribution >= 4 is 17.8 Å². The lowest BCUT2D eigenvalue weighted by molar-refractivity contribution is -0.121. The van der Waals surface area contributed by atoms with Gasteiger partial charge in [-0.05, 0) is 48.9 Å². The fourth-order valence-corrected chi connectivity index (χ4v) is 1.72. The summed E-state index contributed by atoms with van der Waals surface area (Å²) in [6.07, 6.45) is 4.90. The van der Waals surface area contributed by atoms with Gasteiger partial charge in [0.2, 0.25) is 0 Å². The van der Waals surface area contributed by atoms with Crippen LogP contribution in [0.25, 0.3) is 0 Å². The number of hydrogen-bond acceptors (Lipinski definition) is 5. The number of anilines is 1. The molecule has 1 aromatic carbocycles. The van der Waals surface area contributed by atoms with E-state index in [-0.39, 0.29) is 5.91 Å². The summed E-state index contributed by atoms with van der Waals surface area (Å²) in [4.78, 5) is 15.8. The van der Waals surface area contributed by atoms with E-state index in [4.69, 9.17) is 4.74 Å². The number of nitrogens with one attached hydrogen (secondary N) is 2. The zero-order chi connectivity index (χ0) is 15.8. The van der Waals surface area contributed by atoms with Gasteiger partial charge in [-0.3, -0.25) is 9.78 Å². The first-order valence-electron chi connectivity index (χ1n) is 6.82. The summed E-state index contributed by atoms with van der Waals surface area (Å²) in [5.41, 5.74) is 4.20. The fraction of sp³-hybridized carbons (Fsp3) is 0.188. The summed E-state index contributed by atoms with van der Waals surface area (Å²) >= 11 is 0. The molecule has 6 heteroatoms. The van der Waals surface area contributed by atoms with E-state index in [0.29, 0.717) is 0 Å². The zero-order valence-corrected chi connectivity index (χ0v) is 12.5. The van der Waals surface area contributed by atoms with Gasteiger partial charge in [0.05, 0.1) is 13.3 Å². The predicted molar refractivity (Wildman–Crippen MR) is 86.1 cm³/mol. The van der Waals surface area contributed by atoms with E-state index in [0.717, 1.165) is 17.0 Å². The smallest absolute Gasteiger partial charge is 0.262 e. The van der Waals surface area contributed by atoms with Crippen molar-refractivity contribution in [3.05, 3.63) is 54.4 Å². The second-order valence-electron chi connectivity index (χ2n) is 4.61. The van der Waals surface area contributed by atoms with Gasteiger partial charge in [0.25, 0.3) is 5.91 Å². The van der Waals surface area contributed by atoms with Crippen LogP contribution in [-0.4, -0.2) is 30.3 Å². The molecule has 0 fully saturated rings. The number of hydrogen-bond donors (Lipinski definition) is 2. The average Bonchev–Trinajstić information content (AvgIpc) is 2.56. The third-order valence-electron chi connectivity index (χ3n) is 2.96. The van der Waals surface area contributed by atoms with Crippen molar-refractivity contribution in [1.29, 1.82) is 0 Å². The minimum atomic E-state index is -0.414. The molecule has 0 radical (unpaired) electrons. The first-order valence-corrected chi connectivity index (χ1v) is 6.82. The first kappa shape index (κ1) is 15.5. The molecule has 1 amide bonds. The minimum absolute atomic E-state index is 0.221. The van der Waals surface area contributed by atoms with Gasteiger partial charge < -0.3 is 10.1 Å². The molecule has 1 unspecified atom stereocenters. The summed E-state index contributed by atoms with van der Waals surface area (Å²) in [7, 11) is 1.61. The topological polar surface area (TPSA) is 75.6 Å². The van der Waals surface area contributed by atoms with Crippen LogP contribution >= 0.6 is 0 Å². The second kappa shape index (κ2) is 7.78. The molecule has 6 nitrogen and oxygen atoms in total. The highest BCUT2D eigenvalue weighted by Gasteiger charge is 2.11. The summed E-state index contributed by atoms with van der Waals surface area (Å²) in [5.74, 6) is 0.547. The molecule has 2 aromatic rings. The Bertz CT molecular complexity index is 626. The number of amides is 1. The Balaban J connectivity index is 1.85. The Hall–Kier alpha value is -2.89. The van der Waals surface area contributed by atoms with Crippen molar-refractivity contribution in [2.45, 2.75) is 13.0 Å². The standard InChI is InChI=1S/C16H18N4O2/c1-12(19-14-3-5-15(22-2)6-4-14)16(21)20-18-11-13-7-9-17-10-8-13/h3-12,19H,1-2H3,(H,20,21)/b18-11+. The van der Waals surface area contributed by atoms with Crippen LogP contribution < -0.4 is 15.5 Å². The van der Waals surface area contributed by atoms with Crippen LogP contribution in [0.15, 0.2) is 53.9 Å². The summed E-state index contributed by atoms with van der Waals surface area (Å²) in [5, 5.41) is 7.01. The Kier molecular flexibility index (Phi) is 5.48. The van der Waals surface area contributed by atoms with E-state index in [1.165, 1.54) is 0 Å². The van der Waals surface area contributed by atoms with Crippen LogP contribution in [0.5, 0.6) is 5.75 Å². The molecule has 1 atom stereocenters. The first-order chi connectivity index (χ1) is 10.7. The Morgan fingerprint density at radius 2 is 1.91 bits per heavy atom. The van der Waals surface area contributed by atoms with Crippen molar-refractivity contribution < 1.29 is 9.53 Å². The number of hydrazone groups is 1. The van der Waals surface area contributed by atoms with Gasteiger partial charge in [-0.1, -0.05) is 0 Å². The van der Waals surface area contributed by atoms with Gasteiger partial charge in [0.15, 0.2) is 0 Å². The van der Waals surface area contributed by atoms with Crippen LogP contribution in [0.1, 0.15) is 12.5 Å². The molecule has 0 bridgehead atoms. The summed E-state index contributed by atoms with van der Waals surface area (Å²) in [6.45, 7) is 1.77. The quantitative estimate of drug-likeness (QED) is 0.632. The summed E-state index contributed by atoms with van der Waals surface area (Å²) < 4.78 is 5.09. The fourth-order valence-electron chi connectivity index (χ4n) is 1.72. The van der Waals surface area contributed by atoms with E-state index >= 15 is 0 Å². The molecule has 114 valence electrons. The lowest BCUT2D eigenvalue weighted by Crippen LogP contribution is -2.34. The summed E-state index contributed by atoms with van der Waals surface area (Å²) in [6, 6.07) is 10.5. The third-order valence-corrected chi connectivity index (χ3v) is 2.96. The number of carbonyl (C=O) groups is 1. The van der Waals surface area contributed by atoms with Gasteiger partial charge in [-0.25, -0.2) is 5.43 Å². The minimum Gasteiger partial charge on any atom is -0.497 e. The molecule has 0 spiro atoms. The molecule has 0 aliphatic carbocycles. The second-order valence-corrected chi connectivity index (χ2v) is 4.61. The number of methoxy groups -OCH3 is 1. The van der Waals surface area contributed by atoms with Gasteiger partial charge in [-0.15, -0.1) is 0 Å². The number of nitrogens with zero attached hydrogens (tertiary/aromatic N) is 2. The number of pyridine rings is 1. The van der Waals surface area contributed by atoms with E-state index in [1.807, 2.05) is 24.3 Å². The maximum absolute atomic E-state index is 11.9. The SMILES string of the molecule is COc1ccc(NC(C)C(=O)N/N=C/c2ccncc2)cc1. The van der Waals surface area contributed by atoms with Crippen molar-refractivity contribution in [2.24, 2.45) is 5.10 Å². The van der Waals surface area contributed by atoms with E-state index in [9.17, 15) is 4.79 Å². The van der Waals surface area contributed by atoms with Gasteiger partial charge >= 0.3 is 0 Å². The largest absolute Gasteiger partial charge is 0.497 e. The van der Waals surface area contributed by atoms with Crippen LogP contribution in [0, 0.1) is 0 Å². The number of carbonyl (C=O) groups excluding carboxylic acids is 1. The van der Waals surface area contributed by atoms with E-state index in [2.05, 4.69) is 20.8 Å². The highest BCUT2D eigenvalue weighted by atomic mass is 16.5. The molecule has 1 aromatic heterocycles. The van der Waals surface area contributed by atoms with Crippen molar-refractivity contribution in [2.75, 3.05) is 12.4 Å². The van der Waals surface area contributed by atoms with Crippen LogP contribution in [0.4, 0.5) is 5.69 Å². The number of benzene rings is 1. The van der Waals surface area contributed by atoms with Crippen molar-refractivity contribution in [3.8, 4) is 5.75 Å². The average molecular weight is 298 g/mol. The number of rotatable bonds is 6. The van der Waals surface area contributed by atoms with Gasteiger partial charge in [0.1, 0.15) is 11.8 Å². The molecule has 0 aliphatic rings. The normalized spacial score (nSPS) is 11.9. The highest BCUT2D eigenvalue weighted by Crippen LogP contribution is 2.15. The zero-order valence-electron chi connectivity index (χ0n) is 12.5.